The van der Waals surface area contributed by atoms with Gasteiger partial charge in [-0.15, -0.1) is 0 Å². The van der Waals surface area contributed by atoms with Gasteiger partial charge in [-0.05, 0) is 32.2 Å². The molecule has 0 aromatic carbocycles. The topological polar surface area (TPSA) is 53.3 Å². The Bertz CT molecular complexity index is 219. The molecule has 0 bridgehead atoms. The molecule has 102 valence electrons. The Morgan fingerprint density at radius 3 is 2.59 bits per heavy atom. The SMILES string of the molecule is CCCNC(S)C(C)C(C)(N)CNN1CCC1. The molecule has 0 radical (unpaired) electrons. The molecular weight excluding hydrogens is 232 g/mol. The van der Waals surface area contributed by atoms with E-state index in [0.29, 0.717) is 5.92 Å². The Balaban J connectivity index is 2.32. The Kier molecular flexibility index (Phi) is 6.23. The van der Waals surface area contributed by atoms with E-state index in [9.17, 15) is 0 Å². The van der Waals surface area contributed by atoms with Gasteiger partial charge in [0.2, 0.25) is 0 Å². The van der Waals surface area contributed by atoms with Crippen molar-refractivity contribution >= 4 is 12.6 Å². The molecule has 0 aromatic rings. The van der Waals surface area contributed by atoms with Crippen LogP contribution in [0.1, 0.15) is 33.6 Å². The molecule has 0 aromatic heterocycles. The number of hydrazine groups is 1. The van der Waals surface area contributed by atoms with Gasteiger partial charge in [0, 0.05) is 25.2 Å². The van der Waals surface area contributed by atoms with E-state index in [-0.39, 0.29) is 10.9 Å². The first-order valence-corrected chi connectivity index (χ1v) is 7.18. The van der Waals surface area contributed by atoms with Crippen LogP contribution >= 0.6 is 12.6 Å². The summed E-state index contributed by atoms with van der Waals surface area (Å²) in [6.45, 7) is 10.5. The van der Waals surface area contributed by atoms with Gasteiger partial charge in [0.25, 0.3) is 0 Å². The highest BCUT2D eigenvalue weighted by Crippen LogP contribution is 2.20. The maximum Gasteiger partial charge on any atom is 0.0546 e. The van der Waals surface area contributed by atoms with Gasteiger partial charge in [-0.2, -0.15) is 12.6 Å². The van der Waals surface area contributed by atoms with Gasteiger partial charge >= 0.3 is 0 Å². The van der Waals surface area contributed by atoms with Gasteiger partial charge in [0.15, 0.2) is 0 Å². The van der Waals surface area contributed by atoms with E-state index in [2.05, 4.69) is 49.2 Å². The van der Waals surface area contributed by atoms with E-state index >= 15 is 0 Å². The number of nitrogens with two attached hydrogens (primary N) is 1. The molecule has 1 aliphatic heterocycles. The summed E-state index contributed by atoms with van der Waals surface area (Å²) in [5, 5.41) is 5.78. The molecule has 1 heterocycles. The second-order valence-electron chi connectivity index (χ2n) is 5.37. The molecule has 5 heteroatoms. The van der Waals surface area contributed by atoms with Crippen LogP contribution in [0.15, 0.2) is 0 Å². The summed E-state index contributed by atoms with van der Waals surface area (Å²) < 4.78 is 0. The summed E-state index contributed by atoms with van der Waals surface area (Å²) in [4.78, 5) is 0. The van der Waals surface area contributed by atoms with E-state index < -0.39 is 0 Å². The third-order valence-corrected chi connectivity index (χ3v) is 4.29. The number of hydrogen-bond donors (Lipinski definition) is 4. The minimum Gasteiger partial charge on any atom is -0.324 e. The highest BCUT2D eigenvalue weighted by molar-refractivity contribution is 7.80. The Morgan fingerprint density at radius 2 is 2.12 bits per heavy atom. The minimum atomic E-state index is -0.247. The summed E-state index contributed by atoms with van der Waals surface area (Å²) in [6.07, 6.45) is 2.41. The quantitative estimate of drug-likeness (QED) is 0.385. The van der Waals surface area contributed by atoms with Gasteiger partial charge in [0.1, 0.15) is 0 Å². The average Bonchev–Trinajstić information content (AvgIpc) is 2.22. The number of nitrogens with zero attached hydrogens (tertiary/aromatic N) is 1. The minimum absolute atomic E-state index is 0.156. The van der Waals surface area contributed by atoms with Gasteiger partial charge in [-0.1, -0.05) is 13.8 Å². The van der Waals surface area contributed by atoms with Crippen molar-refractivity contribution in [2.24, 2.45) is 11.7 Å². The molecule has 17 heavy (non-hydrogen) atoms. The van der Waals surface area contributed by atoms with Crippen LogP contribution in [-0.2, 0) is 0 Å². The van der Waals surface area contributed by atoms with Crippen LogP contribution in [0.2, 0.25) is 0 Å². The van der Waals surface area contributed by atoms with Crippen molar-refractivity contribution in [2.75, 3.05) is 26.2 Å². The Morgan fingerprint density at radius 1 is 1.47 bits per heavy atom. The van der Waals surface area contributed by atoms with Crippen LogP contribution in [0.25, 0.3) is 0 Å². The molecule has 1 saturated heterocycles. The largest absolute Gasteiger partial charge is 0.324 e. The molecule has 1 aliphatic rings. The first-order chi connectivity index (χ1) is 7.97. The highest BCUT2D eigenvalue weighted by Gasteiger charge is 2.31. The van der Waals surface area contributed by atoms with Gasteiger partial charge in [-0.25, -0.2) is 5.01 Å². The summed E-state index contributed by atoms with van der Waals surface area (Å²) >= 11 is 4.60. The second-order valence-corrected chi connectivity index (χ2v) is 5.93. The van der Waals surface area contributed by atoms with Crippen molar-refractivity contribution in [3.63, 3.8) is 0 Å². The van der Waals surface area contributed by atoms with E-state index in [1.807, 2.05) is 0 Å². The molecule has 4 nitrogen and oxygen atoms in total. The van der Waals surface area contributed by atoms with Crippen LogP contribution in [0.3, 0.4) is 0 Å². The molecule has 1 rings (SSSR count). The van der Waals surface area contributed by atoms with E-state index in [1.54, 1.807) is 0 Å². The summed E-state index contributed by atoms with van der Waals surface area (Å²) in [7, 11) is 0. The van der Waals surface area contributed by atoms with Crippen molar-refractivity contribution in [1.29, 1.82) is 0 Å². The van der Waals surface area contributed by atoms with Crippen LogP contribution < -0.4 is 16.5 Å². The Hall–Kier alpha value is 0.190. The van der Waals surface area contributed by atoms with E-state index in [4.69, 9.17) is 5.73 Å². The number of rotatable bonds is 8. The zero-order valence-corrected chi connectivity index (χ0v) is 12.3. The molecule has 0 saturated carbocycles. The normalized spacial score (nSPS) is 23.8. The molecule has 3 unspecified atom stereocenters. The monoisotopic (exact) mass is 260 g/mol. The number of nitrogens with one attached hydrogen (secondary N) is 2. The Labute approximate surface area is 111 Å². The summed E-state index contributed by atoms with van der Waals surface area (Å²) in [5.74, 6) is 0.311. The van der Waals surface area contributed by atoms with Crippen LogP contribution in [0.5, 0.6) is 0 Å². The van der Waals surface area contributed by atoms with Crippen LogP contribution in [0.4, 0.5) is 0 Å². The zero-order valence-electron chi connectivity index (χ0n) is 11.4. The number of thiol groups is 1. The van der Waals surface area contributed by atoms with Crippen LogP contribution in [-0.4, -0.2) is 42.1 Å². The van der Waals surface area contributed by atoms with Crippen molar-refractivity contribution in [3.05, 3.63) is 0 Å². The summed E-state index contributed by atoms with van der Waals surface area (Å²) in [6, 6.07) is 0. The lowest BCUT2D eigenvalue weighted by molar-refractivity contribution is 0.0880. The maximum absolute atomic E-state index is 6.38. The molecule has 4 N–H and O–H groups in total. The fourth-order valence-electron chi connectivity index (χ4n) is 1.75. The van der Waals surface area contributed by atoms with Gasteiger partial charge < -0.3 is 11.1 Å². The third-order valence-electron chi connectivity index (χ3n) is 3.66. The second kappa shape index (κ2) is 6.95. The van der Waals surface area contributed by atoms with Gasteiger partial charge in [0.05, 0.1) is 5.37 Å². The van der Waals surface area contributed by atoms with Crippen molar-refractivity contribution in [1.82, 2.24) is 15.8 Å². The zero-order chi connectivity index (χ0) is 12.9. The van der Waals surface area contributed by atoms with Crippen molar-refractivity contribution < 1.29 is 0 Å². The van der Waals surface area contributed by atoms with E-state index in [1.165, 1.54) is 6.42 Å². The molecule has 0 aliphatic carbocycles. The van der Waals surface area contributed by atoms with Crippen molar-refractivity contribution in [2.45, 2.75) is 44.5 Å². The number of hydrogen-bond acceptors (Lipinski definition) is 5. The smallest absolute Gasteiger partial charge is 0.0546 e. The lowest BCUT2D eigenvalue weighted by Gasteiger charge is -2.39. The summed E-state index contributed by atoms with van der Waals surface area (Å²) in [5.41, 5.74) is 9.53. The predicted octanol–water partition coefficient (Wildman–Crippen LogP) is 0.806. The average molecular weight is 260 g/mol. The van der Waals surface area contributed by atoms with Crippen LogP contribution in [0, 0.1) is 5.92 Å². The third kappa shape index (κ3) is 4.75. The molecule has 3 atom stereocenters. The van der Waals surface area contributed by atoms with E-state index in [0.717, 1.165) is 32.6 Å². The fourth-order valence-corrected chi connectivity index (χ4v) is 2.22. The lowest BCUT2D eigenvalue weighted by atomic mass is 9.87. The molecule has 0 spiro atoms. The maximum atomic E-state index is 6.38. The molecule has 0 amide bonds. The molecule has 1 fully saturated rings. The van der Waals surface area contributed by atoms with Gasteiger partial charge in [-0.3, -0.25) is 5.43 Å². The standard InChI is InChI=1S/C12H28N4S/c1-4-6-14-11(17)10(2)12(3,13)9-15-16-7-5-8-16/h10-11,14-15,17H,4-9,13H2,1-3H3. The lowest BCUT2D eigenvalue weighted by Crippen LogP contribution is -2.60. The van der Waals surface area contributed by atoms with Crippen molar-refractivity contribution in [3.8, 4) is 0 Å². The first-order valence-electron chi connectivity index (χ1n) is 6.66. The molecular formula is C12H28N4S. The first kappa shape index (κ1) is 15.2. The fraction of sp³-hybridized carbons (Fsp3) is 1.00. The predicted molar refractivity (Wildman–Crippen MR) is 77.0 cm³/mol. The highest BCUT2D eigenvalue weighted by atomic mass is 32.1.